The molecule has 0 unspecified atom stereocenters. The number of carbonyl (C=O) groups excluding carboxylic acids is 1. The SMILES string of the molecule is Cc1ccc(C#CN(C(=O)OC(C)(C)C)c2ccccc2Br)cc1. The van der Waals surface area contributed by atoms with E-state index < -0.39 is 11.7 Å². The van der Waals surface area contributed by atoms with Crippen molar-refractivity contribution >= 4 is 27.7 Å². The van der Waals surface area contributed by atoms with Crippen molar-refractivity contribution in [3.63, 3.8) is 0 Å². The van der Waals surface area contributed by atoms with E-state index in [0.717, 1.165) is 15.6 Å². The Labute approximate surface area is 151 Å². The van der Waals surface area contributed by atoms with Crippen LogP contribution in [0.2, 0.25) is 0 Å². The normalized spacial score (nSPS) is 10.5. The summed E-state index contributed by atoms with van der Waals surface area (Å²) in [6.45, 7) is 7.51. The predicted molar refractivity (Wildman–Crippen MR) is 101 cm³/mol. The first-order chi connectivity index (χ1) is 11.3. The van der Waals surface area contributed by atoms with E-state index in [1.54, 1.807) is 0 Å². The Bertz CT molecular complexity index is 780. The molecule has 0 spiro atoms. The minimum atomic E-state index is -0.595. The van der Waals surface area contributed by atoms with E-state index in [0.29, 0.717) is 5.69 Å². The third kappa shape index (κ3) is 5.14. The molecule has 0 aliphatic heterocycles. The topological polar surface area (TPSA) is 29.5 Å². The lowest BCUT2D eigenvalue weighted by molar-refractivity contribution is 0.0600. The fraction of sp³-hybridized carbons (Fsp3) is 0.250. The van der Waals surface area contributed by atoms with Crippen LogP contribution in [0.15, 0.2) is 53.0 Å². The van der Waals surface area contributed by atoms with Gasteiger partial charge in [0, 0.05) is 16.1 Å². The molecule has 0 atom stereocenters. The van der Waals surface area contributed by atoms with E-state index in [1.165, 1.54) is 4.90 Å². The molecule has 0 fully saturated rings. The third-order valence-corrected chi connectivity index (χ3v) is 3.70. The predicted octanol–water partition coefficient (Wildman–Crippen LogP) is 5.51. The van der Waals surface area contributed by atoms with Gasteiger partial charge in [0.15, 0.2) is 0 Å². The second-order valence-corrected chi connectivity index (χ2v) is 7.22. The van der Waals surface area contributed by atoms with E-state index in [4.69, 9.17) is 4.74 Å². The van der Waals surface area contributed by atoms with Crippen LogP contribution in [-0.4, -0.2) is 11.7 Å². The zero-order chi connectivity index (χ0) is 17.7. The van der Waals surface area contributed by atoms with Crippen LogP contribution in [0.25, 0.3) is 0 Å². The first kappa shape index (κ1) is 18.1. The number of rotatable bonds is 1. The highest BCUT2D eigenvalue weighted by atomic mass is 79.9. The van der Waals surface area contributed by atoms with E-state index >= 15 is 0 Å². The van der Waals surface area contributed by atoms with Crippen LogP contribution in [0.1, 0.15) is 31.9 Å². The summed E-state index contributed by atoms with van der Waals surface area (Å²) in [5, 5.41) is 0. The monoisotopic (exact) mass is 385 g/mol. The second kappa shape index (κ2) is 7.55. The van der Waals surface area contributed by atoms with E-state index in [9.17, 15) is 4.79 Å². The van der Waals surface area contributed by atoms with Crippen LogP contribution in [0.3, 0.4) is 0 Å². The summed E-state index contributed by atoms with van der Waals surface area (Å²) in [6.07, 6.45) is -0.506. The molecule has 24 heavy (non-hydrogen) atoms. The lowest BCUT2D eigenvalue weighted by atomic mass is 10.2. The summed E-state index contributed by atoms with van der Waals surface area (Å²) in [5.74, 6) is 3.02. The largest absolute Gasteiger partial charge is 0.443 e. The number of hydrogen-bond acceptors (Lipinski definition) is 2. The Kier molecular flexibility index (Phi) is 5.69. The number of amides is 1. The number of benzene rings is 2. The van der Waals surface area contributed by atoms with Gasteiger partial charge in [-0.25, -0.2) is 9.69 Å². The summed E-state index contributed by atoms with van der Waals surface area (Å²) in [4.78, 5) is 13.9. The van der Waals surface area contributed by atoms with Crippen LogP contribution in [0, 0.1) is 18.9 Å². The molecule has 0 aromatic heterocycles. The number of hydrogen-bond donors (Lipinski definition) is 0. The Morgan fingerprint density at radius 2 is 1.71 bits per heavy atom. The molecule has 0 heterocycles. The van der Waals surface area contributed by atoms with Crippen LogP contribution in [0.4, 0.5) is 10.5 Å². The molecule has 3 nitrogen and oxygen atoms in total. The van der Waals surface area contributed by atoms with Gasteiger partial charge in [-0.1, -0.05) is 29.8 Å². The quantitative estimate of drug-likeness (QED) is 0.478. The summed E-state index contributed by atoms with van der Waals surface area (Å²) in [5.41, 5.74) is 2.05. The number of carbonyl (C=O) groups is 1. The number of ether oxygens (including phenoxy) is 1. The lowest BCUT2D eigenvalue weighted by Gasteiger charge is -2.24. The zero-order valence-corrected chi connectivity index (χ0v) is 15.8. The number of anilines is 1. The fourth-order valence-corrected chi connectivity index (χ4v) is 2.36. The summed E-state index contributed by atoms with van der Waals surface area (Å²) in [6, 6.07) is 18.2. The molecular formula is C20H20BrNO2. The number of nitrogens with zero attached hydrogens (tertiary/aromatic N) is 1. The van der Waals surface area contributed by atoms with Crippen molar-refractivity contribution in [2.75, 3.05) is 4.90 Å². The van der Waals surface area contributed by atoms with Crippen LogP contribution in [0.5, 0.6) is 0 Å². The van der Waals surface area contributed by atoms with Crippen LogP contribution in [-0.2, 0) is 4.74 Å². The van der Waals surface area contributed by atoms with Crippen molar-refractivity contribution in [2.24, 2.45) is 0 Å². The maximum Gasteiger partial charge on any atom is 0.426 e. The van der Waals surface area contributed by atoms with Crippen molar-refractivity contribution in [3.8, 4) is 12.0 Å². The first-order valence-corrected chi connectivity index (χ1v) is 8.41. The summed E-state index contributed by atoms with van der Waals surface area (Å²) in [7, 11) is 0. The molecular weight excluding hydrogens is 366 g/mol. The Balaban J connectivity index is 2.39. The Hall–Kier alpha value is -2.25. The van der Waals surface area contributed by atoms with Crippen LogP contribution < -0.4 is 4.90 Å². The molecule has 0 saturated heterocycles. The molecule has 1 amide bonds. The van der Waals surface area contributed by atoms with Crippen molar-refractivity contribution in [3.05, 3.63) is 64.1 Å². The van der Waals surface area contributed by atoms with Crippen molar-refractivity contribution in [1.82, 2.24) is 0 Å². The number of para-hydroxylation sites is 1. The number of halogens is 1. The van der Waals surface area contributed by atoms with Crippen LogP contribution >= 0.6 is 15.9 Å². The van der Waals surface area contributed by atoms with Gasteiger partial charge in [0.05, 0.1) is 5.69 Å². The standard InChI is InChI=1S/C20H20BrNO2/c1-15-9-11-16(12-10-15)13-14-22(19(23)24-20(2,3)4)18-8-6-5-7-17(18)21/h5-12H,1-4H3. The average molecular weight is 386 g/mol. The highest BCUT2D eigenvalue weighted by molar-refractivity contribution is 9.10. The second-order valence-electron chi connectivity index (χ2n) is 6.37. The van der Waals surface area contributed by atoms with Crippen molar-refractivity contribution in [2.45, 2.75) is 33.3 Å². The average Bonchev–Trinajstić information content (AvgIpc) is 2.49. The van der Waals surface area contributed by atoms with Gasteiger partial charge >= 0.3 is 6.09 Å². The van der Waals surface area contributed by atoms with E-state index in [2.05, 4.69) is 27.9 Å². The minimum Gasteiger partial charge on any atom is -0.443 e. The van der Waals surface area contributed by atoms with Gasteiger partial charge in [-0.15, -0.1) is 0 Å². The molecule has 0 aliphatic carbocycles. The molecule has 124 valence electrons. The Morgan fingerprint density at radius 1 is 1.08 bits per heavy atom. The fourth-order valence-electron chi connectivity index (χ4n) is 1.90. The van der Waals surface area contributed by atoms with Crippen molar-refractivity contribution in [1.29, 1.82) is 0 Å². The van der Waals surface area contributed by atoms with Gasteiger partial charge in [-0.05, 0) is 73.8 Å². The van der Waals surface area contributed by atoms with Gasteiger partial charge in [0.25, 0.3) is 0 Å². The first-order valence-electron chi connectivity index (χ1n) is 7.62. The lowest BCUT2D eigenvalue weighted by Crippen LogP contribution is -2.34. The summed E-state index contributed by atoms with van der Waals surface area (Å²) >= 11 is 3.46. The van der Waals surface area contributed by atoms with Gasteiger partial charge in [0.1, 0.15) is 5.60 Å². The molecule has 0 aliphatic rings. The maximum atomic E-state index is 12.6. The van der Waals surface area contributed by atoms with Crippen molar-refractivity contribution < 1.29 is 9.53 Å². The zero-order valence-electron chi connectivity index (χ0n) is 14.3. The molecule has 0 radical (unpaired) electrons. The van der Waals surface area contributed by atoms with Gasteiger partial charge < -0.3 is 4.74 Å². The van der Waals surface area contributed by atoms with Gasteiger partial charge in [0.2, 0.25) is 0 Å². The molecule has 2 aromatic carbocycles. The van der Waals surface area contributed by atoms with E-state index in [1.807, 2.05) is 76.2 Å². The molecule has 2 rings (SSSR count). The number of aryl methyl sites for hydroxylation is 1. The highest BCUT2D eigenvalue weighted by Gasteiger charge is 2.23. The highest BCUT2D eigenvalue weighted by Crippen LogP contribution is 2.26. The minimum absolute atomic E-state index is 0.506. The molecule has 0 saturated carbocycles. The molecule has 4 heteroatoms. The smallest absolute Gasteiger partial charge is 0.426 e. The Morgan fingerprint density at radius 3 is 2.29 bits per heavy atom. The van der Waals surface area contributed by atoms with E-state index in [-0.39, 0.29) is 0 Å². The third-order valence-electron chi connectivity index (χ3n) is 3.03. The van der Waals surface area contributed by atoms with Gasteiger partial charge in [-0.3, -0.25) is 0 Å². The molecule has 0 N–H and O–H groups in total. The summed E-state index contributed by atoms with van der Waals surface area (Å²) < 4.78 is 6.25. The van der Waals surface area contributed by atoms with Gasteiger partial charge in [-0.2, -0.15) is 0 Å². The molecule has 2 aromatic rings. The molecule has 0 bridgehead atoms. The maximum absolute atomic E-state index is 12.6.